The largest absolute Gasteiger partial charge is 0.448 e. The van der Waals surface area contributed by atoms with Gasteiger partial charge in [-0.15, -0.1) is 0 Å². The van der Waals surface area contributed by atoms with Crippen molar-refractivity contribution in [2.45, 2.75) is 31.3 Å². The molecule has 1 atom stereocenters. The van der Waals surface area contributed by atoms with Gasteiger partial charge in [0.2, 0.25) is 0 Å². The molecule has 3 heterocycles. The van der Waals surface area contributed by atoms with Crippen molar-refractivity contribution in [2.75, 3.05) is 39.3 Å². The molecule has 3 aliphatic heterocycles. The molecule has 0 saturated carbocycles. The Morgan fingerprint density at radius 1 is 1.17 bits per heavy atom. The number of nitrogens with zero attached hydrogens (tertiary/aromatic N) is 3. The van der Waals surface area contributed by atoms with Gasteiger partial charge in [-0.25, -0.2) is 14.0 Å². The van der Waals surface area contributed by atoms with Gasteiger partial charge in [0.15, 0.2) is 0 Å². The summed E-state index contributed by atoms with van der Waals surface area (Å²) in [6.07, 6.45) is -4.55. The topological polar surface area (TPSA) is 62.3 Å². The predicted molar refractivity (Wildman–Crippen MR) is 95.0 cm³/mol. The van der Waals surface area contributed by atoms with E-state index in [-0.39, 0.29) is 36.4 Å². The number of hydrogen-bond acceptors (Lipinski definition) is 4. The summed E-state index contributed by atoms with van der Waals surface area (Å²) in [6.45, 7) is 2.39. The molecule has 3 saturated heterocycles. The van der Waals surface area contributed by atoms with Crippen LogP contribution in [0.1, 0.15) is 17.5 Å². The summed E-state index contributed by atoms with van der Waals surface area (Å²) in [5.74, 6) is -0.972. The highest BCUT2D eigenvalue weighted by molar-refractivity contribution is 5.76. The van der Waals surface area contributed by atoms with E-state index in [9.17, 15) is 27.2 Å². The molecule has 0 N–H and O–H groups in total. The average Bonchev–Trinajstić information content (AvgIpc) is 3.29. The van der Waals surface area contributed by atoms with Gasteiger partial charge in [0.05, 0.1) is 44.0 Å². The third-order valence-corrected chi connectivity index (χ3v) is 5.64. The number of rotatable bonds is 4. The number of ether oxygens (including phenoxy) is 2. The first-order chi connectivity index (χ1) is 14.2. The zero-order valence-electron chi connectivity index (χ0n) is 16.0. The summed E-state index contributed by atoms with van der Waals surface area (Å²) in [4.78, 5) is 29.1. The number of carbonyl (C=O) groups is 2. The monoisotopic (exact) mass is 431 g/mol. The predicted octanol–water partition coefficient (Wildman–Crippen LogP) is 2.69. The third-order valence-electron chi connectivity index (χ3n) is 5.64. The summed E-state index contributed by atoms with van der Waals surface area (Å²) < 4.78 is 62.1. The Morgan fingerprint density at radius 2 is 1.93 bits per heavy atom. The van der Waals surface area contributed by atoms with Crippen LogP contribution in [0.4, 0.5) is 27.2 Å². The summed E-state index contributed by atoms with van der Waals surface area (Å²) >= 11 is 0. The zero-order chi connectivity index (χ0) is 21.5. The van der Waals surface area contributed by atoms with Gasteiger partial charge in [0, 0.05) is 18.7 Å². The van der Waals surface area contributed by atoms with Crippen LogP contribution in [-0.2, 0) is 22.3 Å². The number of amides is 3. The fourth-order valence-electron chi connectivity index (χ4n) is 3.86. The van der Waals surface area contributed by atoms with Crippen molar-refractivity contribution in [3.8, 4) is 0 Å². The van der Waals surface area contributed by atoms with E-state index < -0.39 is 17.6 Å². The molecule has 3 aliphatic rings. The number of benzene rings is 1. The minimum Gasteiger partial charge on any atom is -0.448 e. The quantitative estimate of drug-likeness (QED) is 0.688. The number of cyclic esters (lactones) is 1. The number of urea groups is 1. The lowest BCUT2D eigenvalue weighted by Crippen LogP contribution is -2.58. The summed E-state index contributed by atoms with van der Waals surface area (Å²) in [5, 5.41) is 0. The molecule has 0 bridgehead atoms. The first-order valence-electron chi connectivity index (χ1n) is 9.67. The maximum atomic E-state index is 13.9. The Kier molecular flexibility index (Phi) is 5.48. The molecule has 3 fully saturated rings. The van der Waals surface area contributed by atoms with E-state index in [0.29, 0.717) is 51.8 Å². The Morgan fingerprint density at radius 3 is 2.57 bits per heavy atom. The van der Waals surface area contributed by atoms with Crippen LogP contribution < -0.4 is 0 Å². The van der Waals surface area contributed by atoms with E-state index in [2.05, 4.69) is 0 Å². The van der Waals surface area contributed by atoms with Crippen molar-refractivity contribution in [1.82, 2.24) is 14.7 Å². The second kappa shape index (κ2) is 7.93. The number of halogens is 4. The molecule has 3 amide bonds. The Hall–Kier alpha value is -2.56. The molecule has 0 aliphatic carbocycles. The van der Waals surface area contributed by atoms with Crippen LogP contribution in [0.15, 0.2) is 18.2 Å². The summed E-state index contributed by atoms with van der Waals surface area (Å²) in [7, 11) is 0. The molecule has 0 radical (unpaired) electrons. The lowest BCUT2D eigenvalue weighted by atomic mass is 10.1. The summed E-state index contributed by atoms with van der Waals surface area (Å²) in [6, 6.07) is 2.15. The molecule has 1 aromatic rings. The molecule has 0 aromatic heterocycles. The second-order valence-electron chi connectivity index (χ2n) is 7.62. The number of alkyl halides is 3. The Balaban J connectivity index is 1.22. The van der Waals surface area contributed by atoms with E-state index in [4.69, 9.17) is 9.47 Å². The van der Waals surface area contributed by atoms with Crippen LogP contribution in [0.5, 0.6) is 0 Å². The highest BCUT2D eigenvalue weighted by Gasteiger charge is 2.40. The highest BCUT2D eigenvalue weighted by Crippen LogP contribution is 2.30. The van der Waals surface area contributed by atoms with Gasteiger partial charge in [0.25, 0.3) is 0 Å². The van der Waals surface area contributed by atoms with E-state index in [1.807, 2.05) is 0 Å². The maximum absolute atomic E-state index is 13.9. The smallest absolute Gasteiger partial charge is 0.416 e. The summed E-state index contributed by atoms with van der Waals surface area (Å²) in [5.41, 5.74) is -1.01. The van der Waals surface area contributed by atoms with Crippen LogP contribution >= 0.6 is 0 Å². The van der Waals surface area contributed by atoms with Gasteiger partial charge in [-0.2, -0.15) is 13.2 Å². The molecular formula is C19H21F4N3O4. The molecule has 7 nitrogen and oxygen atoms in total. The van der Waals surface area contributed by atoms with E-state index in [1.165, 1.54) is 0 Å². The van der Waals surface area contributed by atoms with E-state index in [0.717, 1.165) is 12.1 Å². The first-order valence-corrected chi connectivity index (χ1v) is 9.67. The molecule has 1 unspecified atom stereocenters. The minimum absolute atomic E-state index is 0.0349. The molecule has 30 heavy (non-hydrogen) atoms. The lowest BCUT2D eigenvalue weighted by Gasteiger charge is -2.40. The third kappa shape index (κ3) is 4.16. The Labute approximate surface area is 170 Å². The lowest BCUT2D eigenvalue weighted by molar-refractivity contribution is -0.137. The zero-order valence-corrected chi connectivity index (χ0v) is 16.0. The first kappa shape index (κ1) is 20.7. The van der Waals surface area contributed by atoms with Crippen LogP contribution in [-0.4, -0.2) is 78.3 Å². The van der Waals surface area contributed by atoms with Gasteiger partial charge >= 0.3 is 18.3 Å². The Bertz CT molecular complexity index is 828. The van der Waals surface area contributed by atoms with Crippen molar-refractivity contribution in [3.63, 3.8) is 0 Å². The van der Waals surface area contributed by atoms with Crippen LogP contribution in [0.25, 0.3) is 0 Å². The standard InChI is InChI=1S/C19H21F4N3O4/c20-16-7-13(19(21,22)23)2-1-12(16)11-30-15-9-25(10-15)17(27)24-4-3-14(8-24)26-5-6-29-18(26)28/h1-2,7,14-15H,3-6,8-11H2. The number of carbonyl (C=O) groups excluding carboxylic acids is 2. The van der Waals surface area contributed by atoms with Crippen molar-refractivity contribution in [1.29, 1.82) is 0 Å². The van der Waals surface area contributed by atoms with Crippen molar-refractivity contribution < 1.29 is 36.6 Å². The second-order valence-corrected chi connectivity index (χ2v) is 7.62. The molecule has 164 valence electrons. The SMILES string of the molecule is O=C(N1CC(OCc2ccc(C(F)(F)F)cc2F)C1)N1CCC(N2CCOC2=O)C1. The van der Waals surface area contributed by atoms with E-state index in [1.54, 1.807) is 14.7 Å². The van der Waals surface area contributed by atoms with Gasteiger partial charge in [0.1, 0.15) is 12.4 Å². The van der Waals surface area contributed by atoms with Crippen molar-refractivity contribution in [3.05, 3.63) is 35.1 Å². The van der Waals surface area contributed by atoms with Crippen molar-refractivity contribution in [2.24, 2.45) is 0 Å². The van der Waals surface area contributed by atoms with Crippen molar-refractivity contribution >= 4 is 12.1 Å². The van der Waals surface area contributed by atoms with E-state index >= 15 is 0 Å². The van der Waals surface area contributed by atoms with Crippen LogP contribution in [0.2, 0.25) is 0 Å². The highest BCUT2D eigenvalue weighted by atomic mass is 19.4. The van der Waals surface area contributed by atoms with Crippen LogP contribution in [0, 0.1) is 5.82 Å². The van der Waals surface area contributed by atoms with Gasteiger partial charge in [-0.1, -0.05) is 6.07 Å². The van der Waals surface area contributed by atoms with Crippen LogP contribution in [0.3, 0.4) is 0 Å². The van der Waals surface area contributed by atoms with Gasteiger partial charge in [-0.05, 0) is 18.6 Å². The average molecular weight is 431 g/mol. The fourth-order valence-corrected chi connectivity index (χ4v) is 3.86. The maximum Gasteiger partial charge on any atom is 0.416 e. The molecule has 0 spiro atoms. The molecule has 1 aromatic carbocycles. The normalized spacial score (nSPS) is 22.5. The number of likely N-dealkylation sites (tertiary alicyclic amines) is 2. The molecule has 11 heteroatoms. The van der Waals surface area contributed by atoms with Gasteiger partial charge < -0.3 is 19.3 Å². The minimum atomic E-state index is -4.60. The fraction of sp³-hybridized carbons (Fsp3) is 0.579. The number of hydrogen-bond donors (Lipinski definition) is 0. The molecule has 4 rings (SSSR count). The molecular weight excluding hydrogens is 410 g/mol. The van der Waals surface area contributed by atoms with Gasteiger partial charge in [-0.3, -0.25) is 4.90 Å².